The van der Waals surface area contributed by atoms with Crippen molar-refractivity contribution < 1.29 is 9.59 Å². The molecule has 1 aliphatic rings. The third kappa shape index (κ3) is 2.54. The Morgan fingerprint density at radius 3 is 2.55 bits per heavy atom. The van der Waals surface area contributed by atoms with Gasteiger partial charge in [-0.3, -0.25) is 14.6 Å². The first-order valence-corrected chi connectivity index (χ1v) is 6.90. The first-order chi connectivity index (χ1) is 9.74. The van der Waals surface area contributed by atoms with Crippen LogP contribution >= 0.6 is 0 Å². The number of aromatic nitrogens is 1. The molecule has 3 rings (SSSR count). The molecule has 0 unspecified atom stereocenters. The highest BCUT2D eigenvalue weighted by atomic mass is 16.2. The zero-order valence-corrected chi connectivity index (χ0v) is 11.2. The molecular formula is C16H16N2O2. The van der Waals surface area contributed by atoms with Crippen LogP contribution in [-0.4, -0.2) is 34.7 Å². The number of benzene rings is 1. The maximum Gasteiger partial charge on any atom is 0.230 e. The normalized spacial score (nSPS) is 14.7. The summed E-state index contributed by atoms with van der Waals surface area (Å²) in [5.41, 5.74) is 0.372. The van der Waals surface area contributed by atoms with Gasteiger partial charge in [0.1, 0.15) is 5.69 Å². The van der Waals surface area contributed by atoms with Crippen molar-refractivity contribution in [3.8, 4) is 0 Å². The second kappa shape index (κ2) is 5.41. The van der Waals surface area contributed by atoms with Crippen LogP contribution in [0.3, 0.4) is 0 Å². The number of fused-ring (bicyclic) bond motifs is 1. The maximum absolute atomic E-state index is 12.1. The second-order valence-corrected chi connectivity index (χ2v) is 5.10. The molecule has 0 radical (unpaired) electrons. The van der Waals surface area contributed by atoms with Crippen molar-refractivity contribution in [1.82, 2.24) is 9.88 Å². The van der Waals surface area contributed by atoms with Crippen LogP contribution in [0.4, 0.5) is 0 Å². The van der Waals surface area contributed by atoms with Gasteiger partial charge >= 0.3 is 0 Å². The lowest BCUT2D eigenvalue weighted by molar-refractivity contribution is -0.129. The molecule has 0 aliphatic carbocycles. The van der Waals surface area contributed by atoms with Crippen molar-refractivity contribution in [3.05, 3.63) is 42.2 Å². The topological polar surface area (TPSA) is 50.3 Å². The van der Waals surface area contributed by atoms with E-state index in [2.05, 4.69) is 4.98 Å². The van der Waals surface area contributed by atoms with Gasteiger partial charge in [-0.1, -0.05) is 24.3 Å². The molecule has 1 fully saturated rings. The van der Waals surface area contributed by atoms with Gasteiger partial charge in [0, 0.05) is 24.7 Å². The van der Waals surface area contributed by atoms with Crippen molar-refractivity contribution in [1.29, 1.82) is 0 Å². The fourth-order valence-electron chi connectivity index (χ4n) is 2.54. The molecule has 1 aromatic carbocycles. The largest absolute Gasteiger partial charge is 0.342 e. The van der Waals surface area contributed by atoms with Crippen LogP contribution in [0.25, 0.3) is 10.8 Å². The van der Waals surface area contributed by atoms with Gasteiger partial charge in [0.05, 0.1) is 6.42 Å². The molecule has 2 aromatic rings. The minimum Gasteiger partial charge on any atom is -0.342 e. The standard InChI is InChI=1S/C16H16N2O2/c19-15(10-16(20)18-7-3-4-8-18)14-9-12-5-1-2-6-13(12)11-17-14/h1-2,5-6,9,11H,3-4,7-8,10H2. The highest BCUT2D eigenvalue weighted by Gasteiger charge is 2.21. The van der Waals surface area contributed by atoms with Crippen LogP contribution in [0.15, 0.2) is 36.5 Å². The summed E-state index contributed by atoms with van der Waals surface area (Å²) in [7, 11) is 0. The fraction of sp³-hybridized carbons (Fsp3) is 0.312. The van der Waals surface area contributed by atoms with Gasteiger partial charge in [0.15, 0.2) is 5.78 Å². The summed E-state index contributed by atoms with van der Waals surface area (Å²) in [5.74, 6) is -0.282. The summed E-state index contributed by atoms with van der Waals surface area (Å²) >= 11 is 0. The number of pyridine rings is 1. The number of nitrogens with zero attached hydrogens (tertiary/aromatic N) is 2. The molecule has 1 aromatic heterocycles. The van der Waals surface area contributed by atoms with E-state index >= 15 is 0 Å². The highest BCUT2D eigenvalue weighted by Crippen LogP contribution is 2.15. The number of carbonyl (C=O) groups excluding carboxylic acids is 2. The van der Waals surface area contributed by atoms with Crippen molar-refractivity contribution >= 4 is 22.5 Å². The van der Waals surface area contributed by atoms with E-state index in [1.807, 2.05) is 24.3 Å². The third-order valence-corrected chi connectivity index (χ3v) is 3.69. The van der Waals surface area contributed by atoms with Crippen molar-refractivity contribution in [2.24, 2.45) is 0 Å². The Balaban J connectivity index is 1.76. The van der Waals surface area contributed by atoms with Crippen LogP contribution in [0.5, 0.6) is 0 Å². The van der Waals surface area contributed by atoms with E-state index in [1.165, 1.54) is 0 Å². The Labute approximate surface area is 117 Å². The minimum atomic E-state index is -0.201. The number of Topliss-reactive ketones (excluding diaryl/α,β-unsaturated/α-hetero) is 1. The molecule has 1 aliphatic heterocycles. The second-order valence-electron chi connectivity index (χ2n) is 5.10. The van der Waals surface area contributed by atoms with Gasteiger partial charge in [0.2, 0.25) is 5.91 Å². The molecule has 0 bridgehead atoms. The molecule has 4 heteroatoms. The fourth-order valence-corrected chi connectivity index (χ4v) is 2.54. The SMILES string of the molecule is O=C(CC(=O)N1CCCC1)c1cc2ccccc2cn1. The number of hydrogen-bond donors (Lipinski definition) is 0. The smallest absolute Gasteiger partial charge is 0.230 e. The Morgan fingerprint density at radius 2 is 1.80 bits per heavy atom. The van der Waals surface area contributed by atoms with Crippen LogP contribution < -0.4 is 0 Å². The summed E-state index contributed by atoms with van der Waals surface area (Å²) in [6.07, 6.45) is 3.68. The highest BCUT2D eigenvalue weighted by molar-refractivity contribution is 6.07. The summed E-state index contributed by atoms with van der Waals surface area (Å²) in [6, 6.07) is 9.51. The zero-order valence-electron chi connectivity index (χ0n) is 11.2. The van der Waals surface area contributed by atoms with E-state index in [0.29, 0.717) is 5.69 Å². The molecule has 0 spiro atoms. The van der Waals surface area contributed by atoms with E-state index < -0.39 is 0 Å². The lowest BCUT2D eigenvalue weighted by Crippen LogP contribution is -2.29. The third-order valence-electron chi connectivity index (χ3n) is 3.69. The predicted molar refractivity (Wildman–Crippen MR) is 76.5 cm³/mol. The lowest BCUT2D eigenvalue weighted by atomic mass is 10.1. The molecule has 2 heterocycles. The number of rotatable bonds is 3. The zero-order chi connectivity index (χ0) is 13.9. The summed E-state index contributed by atoms with van der Waals surface area (Å²) < 4.78 is 0. The molecule has 0 atom stereocenters. The van der Waals surface area contributed by atoms with Crippen LogP contribution in [0.2, 0.25) is 0 Å². The van der Waals surface area contributed by atoms with E-state index in [0.717, 1.165) is 36.7 Å². The number of carbonyl (C=O) groups is 2. The van der Waals surface area contributed by atoms with Crippen LogP contribution in [0.1, 0.15) is 29.8 Å². The van der Waals surface area contributed by atoms with Gasteiger partial charge in [-0.05, 0) is 24.3 Å². The van der Waals surface area contributed by atoms with Crippen LogP contribution in [-0.2, 0) is 4.79 Å². The van der Waals surface area contributed by atoms with Crippen molar-refractivity contribution in [2.45, 2.75) is 19.3 Å². The lowest BCUT2D eigenvalue weighted by Gasteiger charge is -2.14. The molecule has 1 amide bonds. The monoisotopic (exact) mass is 268 g/mol. The summed E-state index contributed by atoms with van der Waals surface area (Å²) in [6.45, 7) is 1.55. The van der Waals surface area contributed by atoms with Gasteiger partial charge in [-0.25, -0.2) is 0 Å². The first kappa shape index (κ1) is 12.8. The van der Waals surface area contributed by atoms with E-state index in [1.54, 1.807) is 17.2 Å². The Hall–Kier alpha value is -2.23. The van der Waals surface area contributed by atoms with Gasteiger partial charge < -0.3 is 4.90 Å². The Morgan fingerprint density at radius 1 is 1.10 bits per heavy atom. The van der Waals surface area contributed by atoms with E-state index in [9.17, 15) is 9.59 Å². The minimum absolute atomic E-state index is 0.0780. The van der Waals surface area contributed by atoms with Gasteiger partial charge in [0.25, 0.3) is 0 Å². The summed E-state index contributed by atoms with van der Waals surface area (Å²) in [5, 5.41) is 1.97. The first-order valence-electron chi connectivity index (χ1n) is 6.90. The number of likely N-dealkylation sites (tertiary alicyclic amines) is 1. The van der Waals surface area contributed by atoms with Gasteiger partial charge in [-0.2, -0.15) is 0 Å². The Bertz CT molecular complexity index is 660. The van der Waals surface area contributed by atoms with Gasteiger partial charge in [-0.15, -0.1) is 0 Å². The molecule has 102 valence electrons. The molecule has 0 saturated carbocycles. The van der Waals surface area contributed by atoms with E-state index in [-0.39, 0.29) is 18.1 Å². The number of amides is 1. The maximum atomic E-state index is 12.1. The quantitative estimate of drug-likeness (QED) is 0.634. The molecule has 4 nitrogen and oxygen atoms in total. The number of ketones is 1. The molecule has 1 saturated heterocycles. The van der Waals surface area contributed by atoms with Crippen molar-refractivity contribution in [2.75, 3.05) is 13.1 Å². The average Bonchev–Trinajstić information content (AvgIpc) is 3.01. The number of hydrogen-bond acceptors (Lipinski definition) is 3. The molecule has 20 heavy (non-hydrogen) atoms. The average molecular weight is 268 g/mol. The predicted octanol–water partition coefficient (Wildman–Crippen LogP) is 2.43. The molecule has 0 N–H and O–H groups in total. The Kier molecular flexibility index (Phi) is 3.46. The van der Waals surface area contributed by atoms with Crippen molar-refractivity contribution in [3.63, 3.8) is 0 Å². The summed E-state index contributed by atoms with van der Waals surface area (Å²) in [4.78, 5) is 30.0. The molecular weight excluding hydrogens is 252 g/mol. The van der Waals surface area contributed by atoms with E-state index in [4.69, 9.17) is 0 Å². The van der Waals surface area contributed by atoms with Crippen LogP contribution in [0, 0.1) is 0 Å².